The van der Waals surface area contributed by atoms with E-state index in [-0.39, 0.29) is 11.4 Å². The third-order valence-corrected chi connectivity index (χ3v) is 3.88. The minimum absolute atomic E-state index is 0.00731. The van der Waals surface area contributed by atoms with Crippen LogP contribution in [-0.2, 0) is 5.54 Å². The Hall–Kier alpha value is -1.58. The summed E-state index contributed by atoms with van der Waals surface area (Å²) in [5.74, 6) is 0.129. The number of anilines is 1. The molecular weight excluding hydrogens is 217 g/mol. The molecule has 17 heavy (non-hydrogen) atoms. The second kappa shape index (κ2) is 3.45. The van der Waals surface area contributed by atoms with E-state index in [2.05, 4.69) is 11.9 Å². The van der Waals surface area contributed by atoms with Crippen LogP contribution in [0.3, 0.4) is 0 Å². The summed E-state index contributed by atoms with van der Waals surface area (Å²) >= 11 is 0. The molecule has 2 aromatic rings. The topological polar surface area (TPSA) is 43.8 Å². The Kier molecular flexibility index (Phi) is 2.15. The van der Waals surface area contributed by atoms with E-state index >= 15 is 0 Å². The van der Waals surface area contributed by atoms with Gasteiger partial charge in [-0.25, -0.2) is 9.37 Å². The normalized spacial score (nSPS) is 18.9. The lowest BCUT2D eigenvalue weighted by Crippen LogP contribution is -2.27. The van der Waals surface area contributed by atoms with E-state index in [1.807, 2.05) is 10.6 Å². The Morgan fingerprint density at radius 1 is 1.35 bits per heavy atom. The lowest BCUT2D eigenvalue weighted by molar-refractivity contribution is 0.343. The van der Waals surface area contributed by atoms with E-state index in [1.165, 1.54) is 18.9 Å². The molecule has 2 N–H and O–H groups in total. The minimum atomic E-state index is -0.297. The number of nitrogens with two attached hydrogens (primary N) is 1. The number of hydrogen-bond donors (Lipinski definition) is 1. The summed E-state index contributed by atoms with van der Waals surface area (Å²) in [6.07, 6.45) is 4.56. The minimum Gasteiger partial charge on any atom is -0.369 e. The van der Waals surface area contributed by atoms with Gasteiger partial charge in [0.25, 0.3) is 0 Å². The second-order valence-corrected chi connectivity index (χ2v) is 5.12. The quantitative estimate of drug-likeness (QED) is 0.822. The molecule has 1 aliphatic rings. The highest BCUT2D eigenvalue weighted by molar-refractivity contribution is 5.79. The summed E-state index contributed by atoms with van der Waals surface area (Å²) in [4.78, 5) is 4.17. The first-order valence-corrected chi connectivity index (χ1v) is 6.05. The molecule has 0 amide bonds. The summed E-state index contributed by atoms with van der Waals surface area (Å²) in [6.45, 7) is 2.18. The standard InChI is InChI=1S/C13H16FN3/c1-13(7-2-3-8-13)17-10-6-4-5-9(14)11(10)16-12(17)15/h4-6H,2-3,7-8H2,1H3,(H2,15,16). The van der Waals surface area contributed by atoms with Gasteiger partial charge in [0.05, 0.1) is 5.52 Å². The maximum atomic E-state index is 13.7. The molecule has 0 spiro atoms. The molecule has 3 nitrogen and oxygen atoms in total. The van der Waals surface area contributed by atoms with Crippen LogP contribution in [0.5, 0.6) is 0 Å². The SMILES string of the molecule is CC1(n2c(N)nc3c(F)cccc32)CCCC1. The molecule has 0 bridgehead atoms. The van der Waals surface area contributed by atoms with Gasteiger partial charge in [-0.2, -0.15) is 0 Å². The fraction of sp³-hybridized carbons (Fsp3) is 0.462. The van der Waals surface area contributed by atoms with Gasteiger partial charge in [0.2, 0.25) is 5.95 Å². The van der Waals surface area contributed by atoms with Gasteiger partial charge in [0, 0.05) is 5.54 Å². The van der Waals surface area contributed by atoms with E-state index in [0.29, 0.717) is 11.5 Å². The maximum absolute atomic E-state index is 13.7. The Labute approximate surface area is 99.4 Å². The van der Waals surface area contributed by atoms with E-state index in [9.17, 15) is 4.39 Å². The number of para-hydroxylation sites is 1. The van der Waals surface area contributed by atoms with E-state index in [1.54, 1.807) is 6.07 Å². The number of nitrogens with zero attached hydrogens (tertiary/aromatic N) is 2. The van der Waals surface area contributed by atoms with Crippen molar-refractivity contribution in [2.24, 2.45) is 0 Å². The zero-order chi connectivity index (χ0) is 12.0. The summed E-state index contributed by atoms with van der Waals surface area (Å²) in [5, 5.41) is 0. The predicted molar refractivity (Wildman–Crippen MR) is 66.2 cm³/mol. The molecule has 0 radical (unpaired) electrons. The summed E-state index contributed by atoms with van der Waals surface area (Å²) in [7, 11) is 0. The molecule has 0 aliphatic heterocycles. The summed E-state index contributed by atoms with van der Waals surface area (Å²) < 4.78 is 15.7. The van der Waals surface area contributed by atoms with Crippen LogP contribution in [0.1, 0.15) is 32.6 Å². The average molecular weight is 233 g/mol. The molecule has 1 aromatic carbocycles. The van der Waals surface area contributed by atoms with Crippen LogP contribution in [0.4, 0.5) is 10.3 Å². The van der Waals surface area contributed by atoms with E-state index in [0.717, 1.165) is 18.4 Å². The Balaban J connectivity index is 2.29. The van der Waals surface area contributed by atoms with Crippen molar-refractivity contribution in [3.8, 4) is 0 Å². The van der Waals surface area contributed by atoms with Crippen LogP contribution in [0.15, 0.2) is 18.2 Å². The van der Waals surface area contributed by atoms with Gasteiger partial charge < -0.3 is 10.3 Å². The zero-order valence-corrected chi connectivity index (χ0v) is 9.91. The molecule has 0 unspecified atom stereocenters. The van der Waals surface area contributed by atoms with Crippen molar-refractivity contribution >= 4 is 17.0 Å². The molecular formula is C13H16FN3. The summed E-state index contributed by atoms with van der Waals surface area (Å²) in [5.41, 5.74) is 7.16. The lowest BCUT2D eigenvalue weighted by atomic mass is 10.00. The maximum Gasteiger partial charge on any atom is 0.201 e. The van der Waals surface area contributed by atoms with Crippen LogP contribution >= 0.6 is 0 Å². The molecule has 90 valence electrons. The first-order valence-electron chi connectivity index (χ1n) is 6.05. The molecule has 0 saturated heterocycles. The molecule has 1 aromatic heterocycles. The first-order chi connectivity index (χ1) is 8.12. The second-order valence-electron chi connectivity index (χ2n) is 5.12. The van der Waals surface area contributed by atoms with Gasteiger partial charge in [-0.05, 0) is 31.9 Å². The van der Waals surface area contributed by atoms with Crippen molar-refractivity contribution in [1.29, 1.82) is 0 Å². The van der Waals surface area contributed by atoms with Crippen LogP contribution in [0, 0.1) is 5.82 Å². The fourth-order valence-corrected chi connectivity index (χ4v) is 3.01. The highest BCUT2D eigenvalue weighted by Crippen LogP contribution is 2.40. The number of nitrogen functional groups attached to an aromatic ring is 1. The monoisotopic (exact) mass is 233 g/mol. The largest absolute Gasteiger partial charge is 0.369 e. The van der Waals surface area contributed by atoms with E-state index < -0.39 is 0 Å². The molecule has 0 atom stereocenters. The van der Waals surface area contributed by atoms with Crippen LogP contribution in [0.2, 0.25) is 0 Å². The highest BCUT2D eigenvalue weighted by Gasteiger charge is 2.33. The lowest BCUT2D eigenvalue weighted by Gasteiger charge is -2.27. The molecule has 1 aliphatic carbocycles. The van der Waals surface area contributed by atoms with Gasteiger partial charge in [-0.3, -0.25) is 0 Å². The Morgan fingerprint density at radius 3 is 2.76 bits per heavy atom. The number of hydrogen-bond acceptors (Lipinski definition) is 2. The molecule has 1 fully saturated rings. The number of halogens is 1. The van der Waals surface area contributed by atoms with Gasteiger partial charge in [0.15, 0.2) is 5.82 Å². The third kappa shape index (κ3) is 1.43. The van der Waals surface area contributed by atoms with Crippen molar-refractivity contribution in [1.82, 2.24) is 9.55 Å². The van der Waals surface area contributed by atoms with Crippen molar-refractivity contribution in [2.75, 3.05) is 5.73 Å². The number of imidazole rings is 1. The first kappa shape index (κ1) is 10.6. The van der Waals surface area contributed by atoms with Crippen molar-refractivity contribution in [3.63, 3.8) is 0 Å². The Bertz CT molecular complexity index is 567. The number of rotatable bonds is 1. The third-order valence-electron chi connectivity index (χ3n) is 3.88. The average Bonchev–Trinajstić information content (AvgIpc) is 2.83. The van der Waals surface area contributed by atoms with Crippen molar-refractivity contribution < 1.29 is 4.39 Å². The van der Waals surface area contributed by atoms with Gasteiger partial charge in [-0.15, -0.1) is 0 Å². The van der Waals surface area contributed by atoms with Gasteiger partial charge >= 0.3 is 0 Å². The van der Waals surface area contributed by atoms with Gasteiger partial charge in [-0.1, -0.05) is 18.9 Å². The number of fused-ring (bicyclic) bond motifs is 1. The zero-order valence-electron chi connectivity index (χ0n) is 9.91. The van der Waals surface area contributed by atoms with E-state index in [4.69, 9.17) is 5.73 Å². The summed E-state index contributed by atoms with van der Waals surface area (Å²) in [6, 6.07) is 5.04. The smallest absolute Gasteiger partial charge is 0.201 e. The van der Waals surface area contributed by atoms with Crippen molar-refractivity contribution in [2.45, 2.75) is 38.1 Å². The fourth-order valence-electron chi connectivity index (χ4n) is 3.01. The predicted octanol–water partition coefficient (Wildman–Crippen LogP) is 3.05. The van der Waals surface area contributed by atoms with Gasteiger partial charge in [0.1, 0.15) is 5.52 Å². The molecule has 1 heterocycles. The molecule has 4 heteroatoms. The Morgan fingerprint density at radius 2 is 2.06 bits per heavy atom. The number of aromatic nitrogens is 2. The van der Waals surface area contributed by atoms with Crippen molar-refractivity contribution in [3.05, 3.63) is 24.0 Å². The van der Waals surface area contributed by atoms with Crippen LogP contribution in [-0.4, -0.2) is 9.55 Å². The van der Waals surface area contributed by atoms with Crippen LogP contribution in [0.25, 0.3) is 11.0 Å². The molecule has 1 saturated carbocycles. The highest BCUT2D eigenvalue weighted by atomic mass is 19.1. The molecule has 3 rings (SSSR count). The number of benzene rings is 1. The van der Waals surface area contributed by atoms with Crippen LogP contribution < -0.4 is 5.73 Å².